The third kappa shape index (κ3) is 4.94. The van der Waals surface area contributed by atoms with Crippen LogP contribution in [-0.2, 0) is 0 Å². The molecule has 10 heavy (non-hydrogen) atoms. The molecule has 0 bridgehead atoms. The van der Waals surface area contributed by atoms with Gasteiger partial charge in [-0.05, 0) is 28.2 Å². The second-order valence-corrected chi connectivity index (χ2v) is 2.91. The number of hydrogen-bond donors (Lipinski definition) is 0. The fraction of sp³-hybridized carbons (Fsp3) is 1.00. The van der Waals surface area contributed by atoms with Gasteiger partial charge < -0.3 is 9.62 Å². The molecule has 0 saturated carbocycles. The Balaban J connectivity index is 3.30. The van der Waals surface area contributed by atoms with Crippen LogP contribution in [-0.4, -0.2) is 59.7 Å². The molecule has 0 amide bonds. The van der Waals surface area contributed by atoms with Crippen LogP contribution in [0.2, 0.25) is 6.22 Å². The van der Waals surface area contributed by atoms with Crippen molar-refractivity contribution in [2.24, 2.45) is 0 Å². The fourth-order valence-electron chi connectivity index (χ4n) is 0.530. The van der Waals surface area contributed by atoms with Crippen molar-refractivity contribution in [2.75, 3.05) is 28.2 Å². The smallest absolute Gasteiger partial charge is 0.200 e. The molecule has 0 rings (SSSR count). The Hall–Kier alpha value is 0.115. The van der Waals surface area contributed by atoms with E-state index in [4.69, 9.17) is 7.74 Å². The molecule has 0 heterocycles. The molecule has 5 heteroatoms. The van der Waals surface area contributed by atoms with Crippen molar-refractivity contribution < 1.29 is 0 Å². The number of hydrogen-bond acceptors (Lipinski definition) is 2. The normalized spacial score (nSPS) is 10.6. The predicted molar refractivity (Wildman–Crippen MR) is 49.4 cm³/mol. The summed E-state index contributed by atoms with van der Waals surface area (Å²) in [5.74, 6) is 0. The highest BCUT2D eigenvalue weighted by Gasteiger charge is 2.08. The van der Waals surface area contributed by atoms with Crippen LogP contribution >= 0.6 is 0 Å². The van der Waals surface area contributed by atoms with Crippen LogP contribution in [0.5, 0.6) is 0 Å². The van der Waals surface area contributed by atoms with Crippen molar-refractivity contribution in [1.29, 1.82) is 0 Å². The van der Waals surface area contributed by atoms with E-state index in [0.29, 0.717) is 0 Å². The maximum atomic E-state index is 5.73. The van der Waals surface area contributed by atoms with Crippen LogP contribution in [0.3, 0.4) is 0 Å². The Labute approximate surface area is 66.7 Å². The lowest BCUT2D eigenvalue weighted by molar-refractivity contribution is 0.644. The summed E-state index contributed by atoms with van der Waals surface area (Å²) >= 11 is 0. The molecule has 3 radical (unpaired) electrons. The molecular weight excluding hydrogens is 121 g/mol. The van der Waals surface area contributed by atoms with Gasteiger partial charge in [0.1, 0.15) is 0 Å². The molecule has 53 valence electrons. The van der Waals surface area contributed by atoms with Gasteiger partial charge >= 0.3 is 0 Å². The number of nitrogens with zero attached hydrogens (tertiary/aromatic N) is 2. The van der Waals surface area contributed by atoms with E-state index in [1.165, 1.54) is 0 Å². The van der Waals surface area contributed by atoms with E-state index >= 15 is 0 Å². The van der Waals surface area contributed by atoms with Crippen LogP contribution < -0.4 is 0 Å². The average molecular weight is 135 g/mol. The zero-order chi connectivity index (χ0) is 8.15. The van der Waals surface area contributed by atoms with Gasteiger partial charge in [0.2, 0.25) is 7.41 Å². The molecular formula is C5H14B3N2. The van der Waals surface area contributed by atoms with Crippen molar-refractivity contribution in [3.63, 3.8) is 0 Å². The lowest BCUT2D eigenvalue weighted by Crippen LogP contribution is -2.37. The van der Waals surface area contributed by atoms with Crippen LogP contribution in [0, 0.1) is 0 Å². The van der Waals surface area contributed by atoms with Gasteiger partial charge in [-0.15, -0.1) is 0 Å². The maximum absolute atomic E-state index is 5.73. The molecule has 0 N–H and O–H groups in total. The monoisotopic (exact) mass is 135 g/mol. The molecule has 0 fully saturated rings. The van der Waals surface area contributed by atoms with Gasteiger partial charge in [0, 0.05) is 7.74 Å². The van der Waals surface area contributed by atoms with E-state index in [9.17, 15) is 0 Å². The van der Waals surface area contributed by atoms with E-state index in [2.05, 4.69) is 7.41 Å². The third-order valence-corrected chi connectivity index (χ3v) is 1.38. The van der Waals surface area contributed by atoms with Gasteiger partial charge in [-0.2, -0.15) is 0 Å². The van der Waals surface area contributed by atoms with E-state index in [-0.39, 0.29) is 6.74 Å². The molecule has 0 aliphatic heterocycles. The van der Waals surface area contributed by atoms with Crippen LogP contribution in [0.4, 0.5) is 0 Å². The number of rotatable bonds is 4. The van der Waals surface area contributed by atoms with E-state index in [0.717, 1.165) is 6.22 Å². The maximum Gasteiger partial charge on any atom is 0.200 e. The minimum atomic E-state index is 0.141. The Bertz CT molecular complexity index is 87.0. The molecule has 0 aliphatic rings. The van der Waals surface area contributed by atoms with E-state index in [1.54, 1.807) is 0 Å². The van der Waals surface area contributed by atoms with Crippen molar-refractivity contribution in [3.8, 4) is 0 Å². The molecule has 0 saturated heterocycles. The standard InChI is InChI=1S/C5H14B3N2/c1-9(2)7-5-8(6)10(3)4/h5H2,1-4H3. The molecule has 0 aliphatic carbocycles. The highest BCUT2D eigenvalue weighted by Crippen LogP contribution is 1.89. The summed E-state index contributed by atoms with van der Waals surface area (Å²) in [6.45, 7) is 0.141. The highest BCUT2D eigenvalue weighted by atomic mass is 15.0. The van der Waals surface area contributed by atoms with E-state index < -0.39 is 0 Å². The Kier molecular flexibility index (Phi) is 4.91. The summed E-state index contributed by atoms with van der Waals surface area (Å²) < 4.78 is 0. The molecule has 0 aromatic heterocycles. The first-order valence-electron chi connectivity index (χ1n) is 3.46. The van der Waals surface area contributed by atoms with Gasteiger partial charge in [0.15, 0.2) is 6.74 Å². The first kappa shape index (κ1) is 10.1. The summed E-state index contributed by atoms with van der Waals surface area (Å²) in [7, 11) is 15.8. The van der Waals surface area contributed by atoms with Crippen LogP contribution in [0.25, 0.3) is 0 Å². The quantitative estimate of drug-likeness (QED) is 0.472. The summed E-state index contributed by atoms with van der Waals surface area (Å²) in [5, 5.41) is 0. The minimum Gasteiger partial charge on any atom is -0.356 e. The summed E-state index contributed by atoms with van der Waals surface area (Å²) in [6.07, 6.45) is 0.903. The first-order chi connectivity index (χ1) is 4.54. The SMILES string of the molecule is [B]B(C[B]N(C)C)N(C)C. The molecule has 0 spiro atoms. The van der Waals surface area contributed by atoms with Crippen LogP contribution in [0.15, 0.2) is 0 Å². The zero-order valence-electron chi connectivity index (χ0n) is 7.33. The van der Waals surface area contributed by atoms with Crippen molar-refractivity contribution in [1.82, 2.24) is 9.62 Å². The zero-order valence-corrected chi connectivity index (χ0v) is 7.33. The summed E-state index contributed by atoms with van der Waals surface area (Å²) in [5.41, 5.74) is 0. The van der Waals surface area contributed by atoms with Gasteiger partial charge in [-0.3, -0.25) is 0 Å². The van der Waals surface area contributed by atoms with E-state index in [1.807, 2.05) is 37.8 Å². The molecule has 0 atom stereocenters. The molecule has 0 aromatic carbocycles. The highest BCUT2D eigenvalue weighted by molar-refractivity contribution is 7.04. The van der Waals surface area contributed by atoms with Gasteiger partial charge in [0.05, 0.1) is 0 Å². The molecule has 0 unspecified atom stereocenters. The Morgan fingerprint density at radius 3 is 2.10 bits per heavy atom. The second kappa shape index (κ2) is 4.86. The summed E-state index contributed by atoms with van der Waals surface area (Å²) in [6, 6.07) is 0. The van der Waals surface area contributed by atoms with Crippen molar-refractivity contribution >= 4 is 21.9 Å². The third-order valence-electron chi connectivity index (χ3n) is 1.38. The lowest BCUT2D eigenvalue weighted by atomic mass is 9.34. The fourth-order valence-corrected chi connectivity index (χ4v) is 0.530. The molecule has 0 aromatic rings. The predicted octanol–water partition coefficient (Wildman–Crippen LogP) is -0.657. The second-order valence-electron chi connectivity index (χ2n) is 2.91. The Morgan fingerprint density at radius 1 is 1.30 bits per heavy atom. The Morgan fingerprint density at radius 2 is 1.80 bits per heavy atom. The summed E-state index contributed by atoms with van der Waals surface area (Å²) in [4.78, 5) is 4.02. The average Bonchev–Trinajstić information content (AvgIpc) is 1.82. The molecule has 2 nitrogen and oxygen atoms in total. The topological polar surface area (TPSA) is 6.48 Å². The van der Waals surface area contributed by atoms with Crippen molar-refractivity contribution in [2.45, 2.75) is 6.22 Å². The largest absolute Gasteiger partial charge is 0.356 e. The first-order valence-corrected chi connectivity index (χ1v) is 3.46. The van der Waals surface area contributed by atoms with Crippen molar-refractivity contribution in [3.05, 3.63) is 0 Å². The van der Waals surface area contributed by atoms with Crippen LogP contribution in [0.1, 0.15) is 0 Å². The van der Waals surface area contributed by atoms with Gasteiger partial charge in [-0.1, -0.05) is 6.22 Å². The lowest BCUT2D eigenvalue weighted by Gasteiger charge is -2.18. The van der Waals surface area contributed by atoms with Gasteiger partial charge in [-0.25, -0.2) is 0 Å². The van der Waals surface area contributed by atoms with Gasteiger partial charge in [0.25, 0.3) is 0 Å². The minimum absolute atomic E-state index is 0.141.